The third-order valence-corrected chi connectivity index (χ3v) is 6.60. The molecule has 0 aromatic heterocycles. The minimum atomic E-state index is -0.715. The van der Waals surface area contributed by atoms with E-state index in [1.807, 2.05) is 68.4 Å². The third-order valence-electron chi connectivity index (χ3n) is 5.21. The molecule has 3 rings (SSSR count). The van der Waals surface area contributed by atoms with Crippen LogP contribution in [0.5, 0.6) is 5.75 Å². The first-order valence-corrected chi connectivity index (χ1v) is 13.2. The van der Waals surface area contributed by atoms with E-state index in [1.165, 1.54) is 0 Å². The molecular weight excluding hydrogens is 596 g/mol. The summed E-state index contributed by atoms with van der Waals surface area (Å²) in [4.78, 5) is 28.5. The van der Waals surface area contributed by atoms with E-state index < -0.39 is 6.04 Å². The summed E-state index contributed by atoms with van der Waals surface area (Å²) >= 11 is 12.9. The van der Waals surface area contributed by atoms with E-state index in [0.29, 0.717) is 21.7 Å². The fraction of sp³-hybridized carbons (Fsp3) is 0.259. The topological polar surface area (TPSA) is 58.6 Å². The van der Waals surface area contributed by atoms with Crippen molar-refractivity contribution in [1.82, 2.24) is 10.2 Å². The van der Waals surface area contributed by atoms with Gasteiger partial charge in [0.1, 0.15) is 11.8 Å². The molecule has 3 aromatic rings. The molecule has 0 aliphatic heterocycles. The molecule has 0 heterocycles. The quantitative estimate of drug-likeness (QED) is 0.285. The molecule has 184 valence electrons. The number of hydrogen-bond acceptors (Lipinski definition) is 3. The van der Waals surface area contributed by atoms with E-state index in [4.69, 9.17) is 16.3 Å². The molecule has 0 aliphatic carbocycles. The Hall–Kier alpha value is -2.35. The van der Waals surface area contributed by atoms with E-state index in [-0.39, 0.29) is 31.0 Å². The Morgan fingerprint density at radius 2 is 1.66 bits per heavy atom. The van der Waals surface area contributed by atoms with Gasteiger partial charge < -0.3 is 15.0 Å². The molecule has 0 saturated heterocycles. The van der Waals surface area contributed by atoms with Crippen molar-refractivity contribution in [3.63, 3.8) is 0 Å². The number of halogens is 3. The minimum Gasteiger partial charge on any atom is -0.483 e. The van der Waals surface area contributed by atoms with Crippen molar-refractivity contribution >= 4 is 55.3 Å². The molecule has 0 aliphatic rings. The molecule has 1 atom stereocenters. The second-order valence-corrected chi connectivity index (χ2v) is 10.6. The molecular formula is C27H27Br2ClN2O3. The van der Waals surface area contributed by atoms with Crippen LogP contribution in [0.1, 0.15) is 25.0 Å². The number of nitrogens with zero attached hydrogens (tertiary/aromatic N) is 1. The Morgan fingerprint density at radius 1 is 0.971 bits per heavy atom. The third kappa shape index (κ3) is 8.37. The van der Waals surface area contributed by atoms with Crippen LogP contribution in [0.15, 0.2) is 81.7 Å². The molecule has 35 heavy (non-hydrogen) atoms. The van der Waals surface area contributed by atoms with Gasteiger partial charge in [-0.1, -0.05) is 70.0 Å². The van der Waals surface area contributed by atoms with Gasteiger partial charge in [0, 0.05) is 28.5 Å². The van der Waals surface area contributed by atoms with Crippen LogP contribution in [0, 0.1) is 0 Å². The highest BCUT2D eigenvalue weighted by atomic mass is 79.9. The highest BCUT2D eigenvalue weighted by Gasteiger charge is 2.31. The number of carbonyl (C=O) groups is 2. The normalized spacial score (nSPS) is 11.7. The van der Waals surface area contributed by atoms with Gasteiger partial charge in [-0.3, -0.25) is 9.59 Å². The minimum absolute atomic E-state index is 0.0633. The number of carbonyl (C=O) groups excluding carboxylic acids is 2. The molecule has 0 unspecified atom stereocenters. The fourth-order valence-corrected chi connectivity index (χ4v) is 4.60. The second kappa shape index (κ2) is 13.1. The molecule has 8 heteroatoms. The van der Waals surface area contributed by atoms with Gasteiger partial charge in [0.05, 0.1) is 4.47 Å². The number of ether oxygens (including phenoxy) is 1. The zero-order valence-electron chi connectivity index (χ0n) is 19.5. The number of amides is 2. The molecule has 0 bridgehead atoms. The number of rotatable bonds is 10. The Morgan fingerprint density at radius 3 is 2.29 bits per heavy atom. The summed E-state index contributed by atoms with van der Waals surface area (Å²) in [6, 6.07) is 21.7. The molecule has 3 aromatic carbocycles. The molecule has 0 radical (unpaired) electrons. The zero-order valence-corrected chi connectivity index (χ0v) is 23.4. The predicted octanol–water partition coefficient (Wildman–Crippen LogP) is 6.41. The van der Waals surface area contributed by atoms with Crippen molar-refractivity contribution in [2.75, 3.05) is 6.61 Å². The molecule has 0 fully saturated rings. The first kappa shape index (κ1) is 27.2. The Labute approximate surface area is 228 Å². The van der Waals surface area contributed by atoms with Crippen molar-refractivity contribution in [3.05, 3.63) is 97.9 Å². The molecule has 1 N–H and O–H groups in total. The first-order valence-electron chi connectivity index (χ1n) is 11.2. The van der Waals surface area contributed by atoms with Crippen LogP contribution in [0.3, 0.4) is 0 Å². The lowest BCUT2D eigenvalue weighted by Crippen LogP contribution is -2.52. The summed E-state index contributed by atoms with van der Waals surface area (Å²) in [6.45, 7) is 3.84. The van der Waals surface area contributed by atoms with Crippen molar-refractivity contribution in [3.8, 4) is 5.75 Å². The van der Waals surface area contributed by atoms with Gasteiger partial charge in [-0.15, -0.1) is 0 Å². The van der Waals surface area contributed by atoms with Crippen LogP contribution in [0.4, 0.5) is 0 Å². The van der Waals surface area contributed by atoms with Crippen molar-refractivity contribution in [1.29, 1.82) is 0 Å². The predicted molar refractivity (Wildman–Crippen MR) is 147 cm³/mol. The highest BCUT2D eigenvalue weighted by molar-refractivity contribution is 9.10. The van der Waals surface area contributed by atoms with E-state index in [0.717, 1.165) is 15.6 Å². The largest absolute Gasteiger partial charge is 0.483 e. The highest BCUT2D eigenvalue weighted by Crippen LogP contribution is 2.28. The van der Waals surface area contributed by atoms with Gasteiger partial charge in [0.2, 0.25) is 5.91 Å². The van der Waals surface area contributed by atoms with E-state index in [2.05, 4.69) is 37.2 Å². The van der Waals surface area contributed by atoms with Crippen LogP contribution in [-0.4, -0.2) is 35.4 Å². The summed E-state index contributed by atoms with van der Waals surface area (Å²) in [5.41, 5.74) is 1.87. The van der Waals surface area contributed by atoms with Gasteiger partial charge in [0.25, 0.3) is 5.91 Å². The lowest BCUT2D eigenvalue weighted by Gasteiger charge is -2.32. The molecule has 0 spiro atoms. The van der Waals surface area contributed by atoms with Crippen molar-refractivity contribution < 1.29 is 14.3 Å². The SMILES string of the molecule is CC(C)NC(=O)[C@H](Cc1ccccc1)N(Cc1ccc(Br)cc1)C(=O)COc1ccc(Cl)cc1Br. The van der Waals surface area contributed by atoms with E-state index in [9.17, 15) is 9.59 Å². The maximum atomic E-state index is 13.6. The van der Waals surface area contributed by atoms with Gasteiger partial charge in [0.15, 0.2) is 6.61 Å². The van der Waals surface area contributed by atoms with Gasteiger partial charge in [-0.05, 0) is 71.2 Å². The van der Waals surface area contributed by atoms with Crippen LogP contribution in [-0.2, 0) is 22.6 Å². The first-order chi connectivity index (χ1) is 16.7. The van der Waals surface area contributed by atoms with Crippen LogP contribution in [0.25, 0.3) is 0 Å². The Balaban J connectivity index is 1.91. The Bertz CT molecular complexity index is 1140. The maximum absolute atomic E-state index is 13.6. The van der Waals surface area contributed by atoms with Crippen molar-refractivity contribution in [2.24, 2.45) is 0 Å². The number of hydrogen-bond donors (Lipinski definition) is 1. The van der Waals surface area contributed by atoms with Gasteiger partial charge in [-0.25, -0.2) is 0 Å². The second-order valence-electron chi connectivity index (χ2n) is 8.38. The lowest BCUT2D eigenvalue weighted by molar-refractivity contribution is -0.143. The maximum Gasteiger partial charge on any atom is 0.261 e. The van der Waals surface area contributed by atoms with Gasteiger partial charge >= 0.3 is 0 Å². The molecule has 5 nitrogen and oxygen atoms in total. The summed E-state index contributed by atoms with van der Waals surface area (Å²) < 4.78 is 7.40. The summed E-state index contributed by atoms with van der Waals surface area (Å²) in [7, 11) is 0. The standard InChI is InChI=1S/C27H27Br2ClN2O3/c1-18(2)31-27(34)24(14-19-6-4-3-5-7-19)32(16-20-8-10-21(28)11-9-20)26(33)17-35-25-13-12-22(30)15-23(25)29/h3-13,15,18,24H,14,16-17H2,1-2H3,(H,31,34)/t24-/m0/s1. The van der Waals surface area contributed by atoms with E-state index >= 15 is 0 Å². The van der Waals surface area contributed by atoms with Crippen LogP contribution in [0.2, 0.25) is 5.02 Å². The molecule has 0 saturated carbocycles. The van der Waals surface area contributed by atoms with Crippen molar-refractivity contribution in [2.45, 2.75) is 38.9 Å². The number of benzene rings is 3. The fourth-order valence-electron chi connectivity index (χ4n) is 3.54. The van der Waals surface area contributed by atoms with Crippen LogP contribution < -0.4 is 10.1 Å². The lowest BCUT2D eigenvalue weighted by atomic mass is 10.0. The summed E-state index contributed by atoms with van der Waals surface area (Å²) in [5, 5.41) is 3.54. The smallest absolute Gasteiger partial charge is 0.261 e. The van der Waals surface area contributed by atoms with Crippen LogP contribution >= 0.6 is 43.5 Å². The number of nitrogens with one attached hydrogen (secondary N) is 1. The average molecular weight is 623 g/mol. The zero-order chi connectivity index (χ0) is 25.4. The van der Waals surface area contributed by atoms with Gasteiger partial charge in [-0.2, -0.15) is 0 Å². The van der Waals surface area contributed by atoms with E-state index in [1.54, 1.807) is 23.1 Å². The average Bonchev–Trinajstić information content (AvgIpc) is 2.82. The summed E-state index contributed by atoms with van der Waals surface area (Å²) in [6.07, 6.45) is 0.381. The monoisotopic (exact) mass is 620 g/mol. The Kier molecular flexibility index (Phi) is 10.2. The molecule has 2 amide bonds. The summed E-state index contributed by atoms with van der Waals surface area (Å²) in [5.74, 6) is -0.00539.